The van der Waals surface area contributed by atoms with Gasteiger partial charge < -0.3 is 10.6 Å². The van der Waals surface area contributed by atoms with Gasteiger partial charge >= 0.3 is 0 Å². The van der Waals surface area contributed by atoms with E-state index in [-0.39, 0.29) is 0 Å². The zero-order valence-corrected chi connectivity index (χ0v) is 14.1. The van der Waals surface area contributed by atoms with Gasteiger partial charge in [0.2, 0.25) is 0 Å². The summed E-state index contributed by atoms with van der Waals surface area (Å²) in [5.74, 6) is 1.41. The van der Waals surface area contributed by atoms with Gasteiger partial charge in [0.15, 0.2) is 0 Å². The van der Waals surface area contributed by atoms with E-state index in [2.05, 4.69) is 44.7 Å². The molecule has 0 aliphatic heterocycles. The SMILES string of the molecule is CC(C)CCN(CCC(C)C)c1cc(Cl)ccc1CN. The van der Waals surface area contributed by atoms with Gasteiger partial charge in [-0.25, -0.2) is 0 Å². The summed E-state index contributed by atoms with van der Waals surface area (Å²) in [4.78, 5) is 2.45. The lowest BCUT2D eigenvalue weighted by molar-refractivity contribution is 0.534. The quantitative estimate of drug-likeness (QED) is 0.753. The fraction of sp³-hybridized carbons (Fsp3) is 0.647. The van der Waals surface area contributed by atoms with Gasteiger partial charge in [0.1, 0.15) is 0 Å². The van der Waals surface area contributed by atoms with E-state index >= 15 is 0 Å². The van der Waals surface area contributed by atoms with E-state index in [9.17, 15) is 0 Å². The van der Waals surface area contributed by atoms with Crippen molar-refractivity contribution < 1.29 is 0 Å². The molecule has 1 rings (SSSR count). The van der Waals surface area contributed by atoms with Crippen LogP contribution in [0.25, 0.3) is 0 Å². The second kappa shape index (κ2) is 8.53. The molecule has 2 nitrogen and oxygen atoms in total. The standard InChI is InChI=1S/C17H29ClN2/c1-13(2)7-9-20(10-8-14(3)4)17-11-16(18)6-5-15(17)12-19/h5-6,11,13-14H,7-10,12,19H2,1-4H3. The largest absolute Gasteiger partial charge is 0.371 e. The third-order valence-electron chi connectivity index (χ3n) is 3.56. The predicted octanol–water partition coefficient (Wildman–Crippen LogP) is 4.70. The molecular weight excluding hydrogens is 268 g/mol. The highest BCUT2D eigenvalue weighted by atomic mass is 35.5. The highest BCUT2D eigenvalue weighted by Gasteiger charge is 2.12. The van der Waals surface area contributed by atoms with Crippen molar-refractivity contribution in [2.45, 2.75) is 47.1 Å². The molecule has 0 aliphatic carbocycles. The van der Waals surface area contributed by atoms with Crippen molar-refractivity contribution in [2.75, 3.05) is 18.0 Å². The molecule has 3 heteroatoms. The van der Waals surface area contributed by atoms with Gasteiger partial charge in [0.05, 0.1) is 0 Å². The normalized spacial score (nSPS) is 11.4. The fourth-order valence-corrected chi connectivity index (χ4v) is 2.35. The lowest BCUT2D eigenvalue weighted by Crippen LogP contribution is -2.28. The van der Waals surface area contributed by atoms with Crippen LogP contribution in [-0.4, -0.2) is 13.1 Å². The minimum atomic E-state index is 0.562. The summed E-state index contributed by atoms with van der Waals surface area (Å²) in [5.41, 5.74) is 8.27. The van der Waals surface area contributed by atoms with Crippen molar-refractivity contribution in [3.63, 3.8) is 0 Å². The molecule has 0 aromatic heterocycles. The number of halogens is 1. The van der Waals surface area contributed by atoms with Crippen molar-refractivity contribution >= 4 is 17.3 Å². The summed E-state index contributed by atoms with van der Waals surface area (Å²) in [6.07, 6.45) is 2.38. The average molecular weight is 297 g/mol. The molecule has 0 amide bonds. The third kappa shape index (κ3) is 5.72. The van der Waals surface area contributed by atoms with E-state index in [0.717, 1.165) is 18.1 Å². The number of hydrogen-bond acceptors (Lipinski definition) is 2. The molecule has 0 spiro atoms. The minimum Gasteiger partial charge on any atom is -0.371 e. The lowest BCUT2D eigenvalue weighted by Gasteiger charge is -2.28. The van der Waals surface area contributed by atoms with E-state index in [4.69, 9.17) is 17.3 Å². The van der Waals surface area contributed by atoms with Crippen molar-refractivity contribution in [1.82, 2.24) is 0 Å². The molecule has 0 aliphatic rings. The van der Waals surface area contributed by atoms with Crippen LogP contribution in [0.1, 0.15) is 46.1 Å². The van der Waals surface area contributed by atoms with Crippen LogP contribution in [0.3, 0.4) is 0 Å². The van der Waals surface area contributed by atoms with Crippen molar-refractivity contribution in [2.24, 2.45) is 17.6 Å². The second-order valence-corrected chi connectivity index (χ2v) is 6.77. The minimum absolute atomic E-state index is 0.562. The van der Waals surface area contributed by atoms with Crippen molar-refractivity contribution in [3.8, 4) is 0 Å². The first-order valence-electron chi connectivity index (χ1n) is 7.67. The molecule has 0 saturated carbocycles. The predicted molar refractivity (Wildman–Crippen MR) is 90.5 cm³/mol. The van der Waals surface area contributed by atoms with Gasteiger partial charge in [0, 0.05) is 30.3 Å². The monoisotopic (exact) mass is 296 g/mol. The lowest BCUT2D eigenvalue weighted by atomic mass is 10.1. The Hall–Kier alpha value is -0.730. The number of nitrogens with two attached hydrogens (primary N) is 1. The zero-order valence-electron chi connectivity index (χ0n) is 13.3. The number of benzene rings is 1. The van der Waals surface area contributed by atoms with E-state index in [1.807, 2.05) is 6.07 Å². The van der Waals surface area contributed by atoms with E-state index < -0.39 is 0 Å². The molecule has 0 atom stereocenters. The zero-order chi connectivity index (χ0) is 15.1. The third-order valence-corrected chi connectivity index (χ3v) is 3.80. The van der Waals surface area contributed by atoms with Gasteiger partial charge in [0.25, 0.3) is 0 Å². The molecular formula is C17H29ClN2. The molecule has 2 N–H and O–H groups in total. The summed E-state index contributed by atoms with van der Waals surface area (Å²) in [7, 11) is 0. The Balaban J connectivity index is 2.92. The molecule has 0 fully saturated rings. The van der Waals surface area contributed by atoms with Crippen LogP contribution >= 0.6 is 11.6 Å². The van der Waals surface area contributed by atoms with Gasteiger partial charge in [-0.3, -0.25) is 0 Å². The van der Waals surface area contributed by atoms with E-state index in [1.54, 1.807) is 0 Å². The van der Waals surface area contributed by atoms with Crippen LogP contribution in [0.5, 0.6) is 0 Å². The topological polar surface area (TPSA) is 29.3 Å². The number of nitrogens with zero attached hydrogens (tertiary/aromatic N) is 1. The number of anilines is 1. The maximum Gasteiger partial charge on any atom is 0.0426 e. The molecule has 1 aromatic rings. The Bertz CT molecular complexity index is 390. The smallest absolute Gasteiger partial charge is 0.0426 e. The van der Waals surface area contributed by atoms with Gasteiger partial charge in [-0.1, -0.05) is 45.4 Å². The first-order chi connectivity index (χ1) is 9.43. The van der Waals surface area contributed by atoms with Gasteiger partial charge in [-0.2, -0.15) is 0 Å². The maximum absolute atomic E-state index is 6.18. The summed E-state index contributed by atoms with van der Waals surface area (Å²) < 4.78 is 0. The molecule has 0 unspecified atom stereocenters. The molecule has 1 aromatic carbocycles. The molecule has 0 heterocycles. The van der Waals surface area contributed by atoms with Crippen molar-refractivity contribution in [3.05, 3.63) is 28.8 Å². The van der Waals surface area contributed by atoms with Gasteiger partial charge in [-0.05, 0) is 42.4 Å². The summed E-state index contributed by atoms with van der Waals surface area (Å²) in [6, 6.07) is 6.04. The number of rotatable bonds is 8. The Morgan fingerprint density at radius 2 is 1.60 bits per heavy atom. The molecule has 0 saturated heterocycles. The van der Waals surface area contributed by atoms with Crippen LogP contribution in [0.4, 0.5) is 5.69 Å². The Morgan fingerprint density at radius 3 is 2.05 bits per heavy atom. The first kappa shape index (κ1) is 17.3. The first-order valence-corrected chi connectivity index (χ1v) is 8.05. The van der Waals surface area contributed by atoms with E-state index in [1.165, 1.54) is 24.1 Å². The highest BCUT2D eigenvalue weighted by Crippen LogP contribution is 2.26. The summed E-state index contributed by atoms with van der Waals surface area (Å²) >= 11 is 6.18. The highest BCUT2D eigenvalue weighted by molar-refractivity contribution is 6.30. The molecule has 20 heavy (non-hydrogen) atoms. The van der Waals surface area contributed by atoms with Crippen LogP contribution in [0, 0.1) is 11.8 Å². The fourth-order valence-electron chi connectivity index (χ4n) is 2.18. The Kier molecular flexibility index (Phi) is 7.39. The Labute approximate surface area is 129 Å². The second-order valence-electron chi connectivity index (χ2n) is 6.33. The molecule has 114 valence electrons. The van der Waals surface area contributed by atoms with Crippen LogP contribution in [-0.2, 0) is 6.54 Å². The average Bonchev–Trinajstić information content (AvgIpc) is 2.38. The van der Waals surface area contributed by atoms with Crippen LogP contribution in [0.15, 0.2) is 18.2 Å². The molecule has 0 radical (unpaired) electrons. The van der Waals surface area contributed by atoms with Crippen LogP contribution in [0.2, 0.25) is 5.02 Å². The van der Waals surface area contributed by atoms with Gasteiger partial charge in [-0.15, -0.1) is 0 Å². The van der Waals surface area contributed by atoms with E-state index in [0.29, 0.717) is 18.4 Å². The molecule has 0 bridgehead atoms. The number of hydrogen-bond donors (Lipinski definition) is 1. The summed E-state index contributed by atoms with van der Waals surface area (Å²) in [6.45, 7) is 11.8. The van der Waals surface area contributed by atoms with Crippen LogP contribution < -0.4 is 10.6 Å². The summed E-state index contributed by atoms with van der Waals surface area (Å²) in [5, 5.41) is 0.788. The van der Waals surface area contributed by atoms with Crippen molar-refractivity contribution in [1.29, 1.82) is 0 Å². The maximum atomic E-state index is 6.18. The Morgan fingerprint density at radius 1 is 1.05 bits per heavy atom.